The second-order valence-electron chi connectivity index (χ2n) is 34.1. The summed E-state index contributed by atoms with van der Waals surface area (Å²) in [6.45, 7) is 9.31. The van der Waals surface area contributed by atoms with Crippen LogP contribution in [0.5, 0.6) is 5.75 Å². The molecule has 43 nitrogen and oxygen atoms in total. The Morgan fingerprint density at radius 3 is 1.82 bits per heavy atom. The van der Waals surface area contributed by atoms with Gasteiger partial charge in [0.2, 0.25) is 100 Å². The van der Waals surface area contributed by atoms with E-state index in [4.69, 9.17) is 32.4 Å². The van der Waals surface area contributed by atoms with Crippen molar-refractivity contribution in [3.05, 3.63) is 143 Å². The zero-order valence-corrected chi connectivity index (χ0v) is 77.6. The quantitative estimate of drug-likeness (QED) is 0.0145. The Labute approximate surface area is 784 Å². The van der Waals surface area contributed by atoms with Crippen LogP contribution in [0, 0.1) is 6.92 Å². The van der Waals surface area contributed by atoms with Crippen molar-refractivity contribution < 1.29 is 111 Å². The highest BCUT2D eigenvalue weighted by Crippen LogP contribution is 2.47. The van der Waals surface area contributed by atoms with Crippen LogP contribution in [0.2, 0.25) is 0 Å². The Hall–Kier alpha value is -13.8. The number of pyridine rings is 1. The van der Waals surface area contributed by atoms with Crippen LogP contribution in [0.25, 0.3) is 21.7 Å². The number of amides is 17. The molecule has 0 saturated carbocycles. The lowest BCUT2D eigenvalue weighted by Gasteiger charge is -2.39. The molecule has 0 radical (unpaired) electrons. The van der Waals surface area contributed by atoms with Crippen molar-refractivity contribution in [2.45, 2.75) is 220 Å². The van der Waals surface area contributed by atoms with E-state index in [0.717, 1.165) is 44.4 Å². The third-order valence-electron chi connectivity index (χ3n) is 22.3. The van der Waals surface area contributed by atoms with Gasteiger partial charge in [-0.25, -0.2) is 0 Å². The molecule has 2 fully saturated rings. The Bertz CT molecular complexity index is 5350. The first kappa shape index (κ1) is 107. The van der Waals surface area contributed by atoms with E-state index >= 15 is 28.8 Å². The first-order valence-electron chi connectivity index (χ1n) is 43.5. The van der Waals surface area contributed by atoms with E-state index in [1.165, 1.54) is 54.1 Å². The van der Waals surface area contributed by atoms with E-state index < -0.39 is 245 Å². The molecule has 2 aliphatic rings. The Morgan fingerprint density at radius 2 is 1.19 bits per heavy atom. The summed E-state index contributed by atoms with van der Waals surface area (Å²) in [6.07, 6.45) is -2.35. The van der Waals surface area contributed by atoms with Gasteiger partial charge in [0.15, 0.2) is 0 Å². The summed E-state index contributed by atoms with van der Waals surface area (Å²) < 4.78 is 8.18. The third-order valence-corrected chi connectivity index (χ3v) is 26.6. The fourth-order valence-corrected chi connectivity index (χ4v) is 18.0. The number of benzene rings is 4. The van der Waals surface area contributed by atoms with E-state index in [1.807, 2.05) is 6.07 Å². The Kier molecular flexibility index (Phi) is 39.3. The van der Waals surface area contributed by atoms with Crippen LogP contribution >= 0.6 is 21.6 Å². The second-order valence-corrected chi connectivity index (χ2v) is 37.5. The van der Waals surface area contributed by atoms with Gasteiger partial charge in [0.1, 0.15) is 84.4 Å². The summed E-state index contributed by atoms with van der Waals surface area (Å²) in [5, 5.41) is 56.2. The molecule has 24 N–H and O–H groups in total. The number of para-hydroxylation sites is 1. The molecule has 6 aromatic rings. The minimum atomic E-state index is -2.12. The smallest absolute Gasteiger partial charge is 0.305 e. The molecule has 8 rings (SSSR count). The number of nitrogens with one attached hydrogen (secondary N) is 14. The van der Waals surface area contributed by atoms with Crippen LogP contribution < -0.4 is 96.8 Å². The number of ether oxygens (including phenoxy) is 2. The van der Waals surface area contributed by atoms with E-state index in [1.54, 1.807) is 104 Å². The van der Waals surface area contributed by atoms with Crippen LogP contribution in [0.1, 0.15) is 134 Å². The maximum Gasteiger partial charge on any atom is 0.305 e. The summed E-state index contributed by atoms with van der Waals surface area (Å²) in [5.74, 6) is -20.8. The van der Waals surface area contributed by atoms with Crippen LogP contribution in [-0.4, -0.2) is 265 Å². The number of aromatic nitrogens is 2. The number of aromatic amines is 1. The molecule has 17 amide bonds. The van der Waals surface area contributed by atoms with Crippen LogP contribution in [0.3, 0.4) is 0 Å². The zero-order chi connectivity index (χ0) is 99.2. The Balaban J connectivity index is 1.23. The van der Waals surface area contributed by atoms with Gasteiger partial charge >= 0.3 is 11.9 Å². The van der Waals surface area contributed by atoms with Gasteiger partial charge in [0.05, 0.1) is 25.8 Å². The predicted octanol–water partition coefficient (Wildman–Crippen LogP) is -2.06. The predicted molar refractivity (Wildman–Crippen MR) is 494 cm³/mol. The van der Waals surface area contributed by atoms with Gasteiger partial charge in [-0.05, 0) is 117 Å². The topological polar surface area (TPSA) is 676 Å². The summed E-state index contributed by atoms with van der Waals surface area (Å²) in [4.78, 5) is 279. The molecule has 0 unspecified atom stereocenters. The molecule has 45 heteroatoms. The molecule has 0 bridgehead atoms. The van der Waals surface area contributed by atoms with Crippen molar-refractivity contribution in [1.29, 1.82) is 0 Å². The number of carbonyl (C=O) groups is 19. The molecule has 0 spiro atoms. The normalized spacial score (nSPS) is 19.2. The molecule has 2 aromatic heterocycles. The average molecular weight is 1910 g/mol. The van der Waals surface area contributed by atoms with Gasteiger partial charge in [-0.3, -0.25) is 96.1 Å². The van der Waals surface area contributed by atoms with Crippen LogP contribution in [0.4, 0.5) is 0 Å². The van der Waals surface area contributed by atoms with Gasteiger partial charge in [0.25, 0.3) is 0 Å². The number of aryl methyl sites for hydroxylation is 1. The van der Waals surface area contributed by atoms with E-state index in [9.17, 15) is 72.5 Å². The molecule has 4 aromatic carbocycles. The maximum atomic E-state index is 16.4. The SMILES string of the molecule is CC(=O)NCCCC[C@@H]1NC(=O)[C@H](Cc2c[nH]c3c(C)cccc23)NC(=O)[C@H](CC(=O)O)NC(=O)[C@H](CC(N)=O)NC(=O)[C@@H](NC(C)=O)C(C)(C)SSC(C)(C)[C@@H](C(=O)N[C@@H](Cc2ccc(OCCN)cc2)C(=O)N[C@@H](Cc2ccc3ccccc3c2)C(=O)NC2(C(=O)N[C@@H](CCC(=O)O)C(=O)N[C@@H](CC(N)=O)C(=O)N[C@@H](Cc3cccnc3)C(=O)N(C)CC(N)=O)CCOCC2)NC1=O. The molecule has 135 heavy (non-hydrogen) atoms. The second kappa shape index (κ2) is 49.8. The number of carbonyl (C=O) groups excluding carboxylic acids is 17. The van der Waals surface area contributed by atoms with Gasteiger partial charge in [-0.15, -0.1) is 0 Å². The highest BCUT2D eigenvalue weighted by Gasteiger charge is 2.49. The highest BCUT2D eigenvalue weighted by molar-refractivity contribution is 8.77. The molecule has 11 atom stereocenters. The van der Waals surface area contributed by atoms with Gasteiger partial charge in [-0.1, -0.05) is 100 Å². The monoisotopic (exact) mass is 1910 g/mol. The van der Waals surface area contributed by atoms with Crippen LogP contribution in [0.15, 0.2) is 116 Å². The summed E-state index contributed by atoms with van der Waals surface area (Å²) in [6, 6.07) is 6.88. The fraction of sp³-hybridized carbons (Fsp3) is 0.467. The summed E-state index contributed by atoms with van der Waals surface area (Å²) in [5.41, 5.74) is 23.3. The molecule has 0 aliphatic carbocycles. The number of nitrogens with zero attached hydrogens (tertiary/aromatic N) is 2. The van der Waals surface area contributed by atoms with E-state index in [2.05, 4.69) is 79.1 Å². The van der Waals surface area contributed by atoms with Gasteiger partial charge in [0, 0.05) is 131 Å². The number of unbranched alkanes of at least 4 members (excludes halogenated alkanes) is 1. The number of likely N-dealkylation sites (N-methyl/N-ethyl adjacent to an activating group) is 1. The van der Waals surface area contributed by atoms with Crippen molar-refractivity contribution in [2.24, 2.45) is 22.9 Å². The first-order valence-corrected chi connectivity index (χ1v) is 45.7. The molecule has 2 saturated heterocycles. The van der Waals surface area contributed by atoms with Crippen LogP contribution in [-0.2, 0) is 122 Å². The lowest BCUT2D eigenvalue weighted by Crippen LogP contribution is -2.67. The molecule has 4 heterocycles. The highest BCUT2D eigenvalue weighted by atomic mass is 33.1. The molecule has 728 valence electrons. The van der Waals surface area contributed by atoms with Crippen molar-refractivity contribution in [3.63, 3.8) is 0 Å². The molecule has 2 aliphatic heterocycles. The standard InChI is InChI=1S/C90H118N20O23S2/c1-48-15-13-19-58-56(46-97-73(48)58)41-63-79(123)99-59(20-11-12-33-96-49(2)111)77(121)108-75(89(6,7)135-134-88(4,5)74(98-50(3)112)84(128)105-65(43-69(93)114)80(124)103-66(44-72(118)119)82(126)101-63)85(129)104-61(38-51-22-25-57(26-23-51)133-36-31-91)78(122)100-62(39-52-21-24-54-17-9-10-18-55(54)37-52)83(127)109-90(29-34-132-35-30-90)87(131)107-60(27-28-71(116)117)76(120)102-64(42-68(92)113)81(125)106-67(40-53-16-14-32-95-45-53)86(130)110(8)47-70(94)115/h9-10,13-19,21-26,32,37,45-46,59-67,74-75,97H,11-12,20,27-31,33-36,38-44,47,91H2,1-8H3,(H2,92,113)(H2,93,114)(H2,94,115)(H,96,111)(H,98,112)(H,99,123)(H,100,122)(H,101,126)(H,102,120)(H,103,124)(H,104,129)(H,105,128)(H,106,125)(H,107,131)(H,108,121)(H,109,127)(H,116,117)(H,118,119)/t59-,60-,61-,62-,63-,64-,65-,66-,67-,74+,75+/m0/s1. The number of primary amides is 3. The van der Waals surface area contributed by atoms with Crippen molar-refractivity contribution >= 4 is 156 Å². The first-order chi connectivity index (χ1) is 63.8. The van der Waals surface area contributed by atoms with Crippen molar-refractivity contribution in [1.82, 2.24) is 84.0 Å². The van der Waals surface area contributed by atoms with E-state index in [0.29, 0.717) is 44.3 Å². The summed E-state index contributed by atoms with van der Waals surface area (Å²) >= 11 is 0. The molecular weight excluding hydrogens is 1790 g/mol. The minimum Gasteiger partial charge on any atom is -0.492 e. The Morgan fingerprint density at radius 1 is 0.593 bits per heavy atom. The number of carboxylic acids is 2. The number of nitrogens with two attached hydrogens (primary N) is 4. The lowest BCUT2D eigenvalue weighted by molar-refractivity contribution is -0.142. The number of H-pyrrole nitrogens is 1. The lowest BCUT2D eigenvalue weighted by atomic mass is 9.87. The van der Waals surface area contributed by atoms with Gasteiger partial charge in [-0.2, -0.15) is 0 Å². The number of aliphatic carboxylic acids is 2. The number of carboxylic acid groups (broad SMARTS) is 2. The number of fused-ring (bicyclic) bond motifs is 2. The number of rotatable bonds is 41. The fourth-order valence-electron chi connectivity index (χ4n) is 15.2. The largest absolute Gasteiger partial charge is 0.492 e. The van der Waals surface area contributed by atoms with E-state index in [-0.39, 0.29) is 77.9 Å². The third kappa shape index (κ3) is 32.2. The maximum absolute atomic E-state index is 16.4. The zero-order valence-electron chi connectivity index (χ0n) is 76.0. The molecular formula is C90H118N20O23S2. The minimum absolute atomic E-state index is 0.0592. The summed E-state index contributed by atoms with van der Waals surface area (Å²) in [7, 11) is 2.95. The number of hydrogen-bond acceptors (Lipinski definition) is 25. The van der Waals surface area contributed by atoms with Gasteiger partial charge < -0.3 is 122 Å². The van der Waals surface area contributed by atoms with Crippen molar-refractivity contribution in [2.75, 3.05) is 46.5 Å². The van der Waals surface area contributed by atoms with Crippen molar-refractivity contribution in [3.8, 4) is 5.75 Å². The number of hydrogen-bond donors (Lipinski definition) is 20. The average Bonchev–Trinajstić information content (AvgIpc) is 1.79.